The van der Waals surface area contributed by atoms with E-state index >= 15 is 0 Å². The van der Waals surface area contributed by atoms with Crippen LogP contribution in [0.5, 0.6) is 0 Å². The average Bonchev–Trinajstić information content (AvgIpc) is 3.28. The molecule has 31 heavy (non-hydrogen) atoms. The zero-order chi connectivity index (χ0) is 21.4. The molecule has 0 amide bonds. The van der Waals surface area contributed by atoms with Crippen molar-refractivity contribution in [2.45, 2.75) is 6.54 Å². The number of nitrogens with two attached hydrogens (primary N) is 1. The fourth-order valence-electron chi connectivity index (χ4n) is 3.73. The lowest BCUT2D eigenvalue weighted by atomic mass is 10.00. The number of nitrogens with one attached hydrogen (secondary N) is 1. The second-order valence-corrected chi connectivity index (χ2v) is 7.08. The molecular weight excluding hydrogens is 392 g/mol. The standard InChI is InChI=1S/C24H18N4O3/c25-11-15-12-26-19-9-8-14(16-5-3-7-21-23(16)31-13-27-21)10-18(19)22(15)28-20-6-2-1-4-17(20)24(29)30/h1-10,12-13H,11,25H2,(H,26,28)(H,29,30). The minimum Gasteiger partial charge on any atom is -0.478 e. The van der Waals surface area contributed by atoms with Crippen molar-refractivity contribution in [3.63, 3.8) is 0 Å². The number of fused-ring (bicyclic) bond motifs is 2. The highest BCUT2D eigenvalue weighted by Crippen LogP contribution is 2.35. The Labute approximate surface area is 177 Å². The van der Waals surface area contributed by atoms with Crippen molar-refractivity contribution in [3.8, 4) is 11.1 Å². The van der Waals surface area contributed by atoms with Crippen LogP contribution in [0.15, 0.2) is 77.7 Å². The third kappa shape index (κ3) is 3.27. The molecule has 0 atom stereocenters. The minimum absolute atomic E-state index is 0.179. The first-order valence-corrected chi connectivity index (χ1v) is 9.69. The Morgan fingerprint density at radius 1 is 1.03 bits per heavy atom. The summed E-state index contributed by atoms with van der Waals surface area (Å²) < 4.78 is 5.60. The van der Waals surface area contributed by atoms with E-state index in [-0.39, 0.29) is 12.1 Å². The molecule has 3 aromatic carbocycles. The summed E-state index contributed by atoms with van der Waals surface area (Å²) in [5, 5.41) is 13.7. The number of aromatic nitrogens is 2. The van der Waals surface area contributed by atoms with Gasteiger partial charge in [-0.15, -0.1) is 0 Å². The first kappa shape index (κ1) is 18.8. The van der Waals surface area contributed by atoms with Crippen LogP contribution in [-0.4, -0.2) is 21.0 Å². The summed E-state index contributed by atoms with van der Waals surface area (Å²) in [7, 11) is 0. The molecule has 7 heteroatoms. The molecule has 0 saturated carbocycles. The Kier molecular flexibility index (Phi) is 4.57. The average molecular weight is 410 g/mol. The lowest BCUT2D eigenvalue weighted by molar-refractivity contribution is 0.0698. The molecule has 2 heterocycles. The molecule has 0 aliphatic rings. The number of rotatable bonds is 5. The predicted octanol–water partition coefficient (Wildman–Crippen LogP) is 4.94. The summed E-state index contributed by atoms with van der Waals surface area (Å²) >= 11 is 0. The molecule has 0 aliphatic heterocycles. The number of hydrogen-bond donors (Lipinski definition) is 3. The van der Waals surface area contributed by atoms with Gasteiger partial charge in [0.05, 0.1) is 22.5 Å². The second-order valence-electron chi connectivity index (χ2n) is 7.08. The minimum atomic E-state index is -1.01. The van der Waals surface area contributed by atoms with Gasteiger partial charge >= 0.3 is 5.97 Å². The largest absolute Gasteiger partial charge is 0.478 e. The lowest BCUT2D eigenvalue weighted by Gasteiger charge is -2.16. The number of anilines is 2. The SMILES string of the molecule is NCc1cnc2ccc(-c3cccc4ncoc34)cc2c1Nc1ccccc1C(=O)O. The molecule has 4 N–H and O–H groups in total. The summed E-state index contributed by atoms with van der Waals surface area (Å²) in [5.41, 5.74) is 12.2. The molecule has 0 radical (unpaired) electrons. The number of aromatic carboxylic acids is 1. The van der Waals surface area contributed by atoms with Crippen molar-refractivity contribution in [1.82, 2.24) is 9.97 Å². The molecule has 0 spiro atoms. The Bertz CT molecular complexity index is 1440. The lowest BCUT2D eigenvalue weighted by Crippen LogP contribution is -2.07. The van der Waals surface area contributed by atoms with E-state index in [1.165, 1.54) is 6.39 Å². The number of oxazole rings is 1. The number of carboxylic acids is 1. The van der Waals surface area contributed by atoms with Gasteiger partial charge in [0.15, 0.2) is 12.0 Å². The van der Waals surface area contributed by atoms with Crippen LogP contribution < -0.4 is 11.1 Å². The van der Waals surface area contributed by atoms with Gasteiger partial charge in [0.25, 0.3) is 0 Å². The van der Waals surface area contributed by atoms with Crippen molar-refractivity contribution in [3.05, 3.63) is 84.4 Å². The maximum absolute atomic E-state index is 11.7. The van der Waals surface area contributed by atoms with Crippen LogP contribution in [0.3, 0.4) is 0 Å². The van der Waals surface area contributed by atoms with Gasteiger partial charge in [0, 0.05) is 29.3 Å². The Morgan fingerprint density at radius 3 is 2.74 bits per heavy atom. The van der Waals surface area contributed by atoms with Crippen LogP contribution in [0.4, 0.5) is 11.4 Å². The number of benzene rings is 3. The molecule has 7 nitrogen and oxygen atoms in total. The van der Waals surface area contributed by atoms with Gasteiger partial charge in [0.2, 0.25) is 0 Å². The van der Waals surface area contributed by atoms with Gasteiger partial charge in [-0.1, -0.05) is 30.3 Å². The van der Waals surface area contributed by atoms with Crippen molar-refractivity contribution in [2.24, 2.45) is 5.73 Å². The molecule has 5 rings (SSSR count). The van der Waals surface area contributed by atoms with E-state index in [1.54, 1.807) is 30.5 Å². The Balaban J connectivity index is 1.71. The highest BCUT2D eigenvalue weighted by molar-refractivity contribution is 6.02. The van der Waals surface area contributed by atoms with Gasteiger partial charge in [-0.05, 0) is 35.9 Å². The molecule has 5 aromatic rings. The van der Waals surface area contributed by atoms with E-state index in [0.717, 1.165) is 38.8 Å². The molecule has 0 aliphatic carbocycles. The molecule has 152 valence electrons. The number of pyridine rings is 1. The zero-order valence-corrected chi connectivity index (χ0v) is 16.4. The van der Waals surface area contributed by atoms with Crippen molar-refractivity contribution < 1.29 is 14.3 Å². The van der Waals surface area contributed by atoms with E-state index in [4.69, 9.17) is 10.2 Å². The van der Waals surface area contributed by atoms with Crippen LogP contribution in [0.25, 0.3) is 33.1 Å². The monoisotopic (exact) mass is 410 g/mol. The third-order valence-electron chi connectivity index (χ3n) is 5.25. The van der Waals surface area contributed by atoms with Crippen molar-refractivity contribution >= 4 is 39.3 Å². The number of nitrogens with zero attached hydrogens (tertiary/aromatic N) is 2. The molecule has 2 aromatic heterocycles. The zero-order valence-electron chi connectivity index (χ0n) is 16.4. The number of carboxylic acid groups (broad SMARTS) is 1. The second kappa shape index (κ2) is 7.55. The van der Waals surface area contributed by atoms with E-state index in [1.807, 2.05) is 36.4 Å². The highest BCUT2D eigenvalue weighted by atomic mass is 16.4. The summed E-state index contributed by atoms with van der Waals surface area (Å²) in [6, 6.07) is 18.5. The van der Waals surface area contributed by atoms with Crippen LogP contribution in [-0.2, 0) is 6.54 Å². The topological polar surface area (TPSA) is 114 Å². The fourth-order valence-corrected chi connectivity index (χ4v) is 3.73. The Morgan fingerprint density at radius 2 is 1.90 bits per heavy atom. The molecule has 0 bridgehead atoms. The van der Waals surface area contributed by atoms with Crippen LogP contribution in [0.1, 0.15) is 15.9 Å². The van der Waals surface area contributed by atoms with Gasteiger partial charge in [-0.2, -0.15) is 0 Å². The fraction of sp³-hybridized carbons (Fsp3) is 0.0417. The predicted molar refractivity (Wildman–Crippen MR) is 119 cm³/mol. The molecule has 0 unspecified atom stereocenters. The Hall–Kier alpha value is -4.23. The smallest absolute Gasteiger partial charge is 0.337 e. The molecular formula is C24H18N4O3. The third-order valence-corrected chi connectivity index (χ3v) is 5.25. The maximum atomic E-state index is 11.7. The van der Waals surface area contributed by atoms with Gasteiger partial charge < -0.3 is 20.6 Å². The van der Waals surface area contributed by atoms with E-state index in [0.29, 0.717) is 11.3 Å². The van der Waals surface area contributed by atoms with E-state index in [9.17, 15) is 9.90 Å². The quantitative estimate of drug-likeness (QED) is 0.376. The van der Waals surface area contributed by atoms with Crippen molar-refractivity contribution in [2.75, 3.05) is 5.32 Å². The number of para-hydroxylation sites is 2. The first-order valence-electron chi connectivity index (χ1n) is 9.69. The van der Waals surface area contributed by atoms with Crippen LogP contribution in [0.2, 0.25) is 0 Å². The van der Waals surface area contributed by atoms with Crippen LogP contribution in [0, 0.1) is 0 Å². The normalized spacial score (nSPS) is 11.1. The van der Waals surface area contributed by atoms with Crippen molar-refractivity contribution in [1.29, 1.82) is 0 Å². The summed E-state index contributed by atoms with van der Waals surface area (Å²) in [6.07, 6.45) is 3.14. The maximum Gasteiger partial charge on any atom is 0.337 e. The first-order chi connectivity index (χ1) is 15.2. The number of carbonyl (C=O) groups is 1. The summed E-state index contributed by atoms with van der Waals surface area (Å²) in [5.74, 6) is -1.01. The van der Waals surface area contributed by atoms with E-state index in [2.05, 4.69) is 15.3 Å². The summed E-state index contributed by atoms with van der Waals surface area (Å²) in [4.78, 5) is 20.4. The van der Waals surface area contributed by atoms with E-state index < -0.39 is 5.97 Å². The highest BCUT2D eigenvalue weighted by Gasteiger charge is 2.15. The molecule has 0 fully saturated rings. The van der Waals surface area contributed by atoms with Gasteiger partial charge in [0.1, 0.15) is 5.52 Å². The number of hydrogen-bond acceptors (Lipinski definition) is 6. The van der Waals surface area contributed by atoms with Gasteiger partial charge in [-0.3, -0.25) is 4.98 Å². The van der Waals surface area contributed by atoms with Crippen LogP contribution >= 0.6 is 0 Å². The van der Waals surface area contributed by atoms with Gasteiger partial charge in [-0.25, -0.2) is 9.78 Å². The summed E-state index contributed by atoms with van der Waals surface area (Å²) in [6.45, 7) is 0.252. The molecule has 0 saturated heterocycles.